The van der Waals surface area contributed by atoms with Crippen molar-refractivity contribution in [2.45, 2.75) is 51.6 Å². The smallest absolute Gasteiger partial charge is 0.251 e. The van der Waals surface area contributed by atoms with Crippen LogP contribution in [0.3, 0.4) is 0 Å². The predicted octanol–water partition coefficient (Wildman–Crippen LogP) is 1.30. The number of amides is 3. The fourth-order valence-electron chi connectivity index (χ4n) is 3.42. The molecule has 0 bridgehead atoms. The number of carbonyl (C=O) groups is 3. The molecule has 2 saturated heterocycles. The lowest BCUT2D eigenvalue weighted by molar-refractivity contribution is -0.135. The summed E-state index contributed by atoms with van der Waals surface area (Å²) in [7, 11) is 0. The van der Waals surface area contributed by atoms with Gasteiger partial charge in [0.1, 0.15) is 6.04 Å². The van der Waals surface area contributed by atoms with Crippen LogP contribution in [0.25, 0.3) is 0 Å². The van der Waals surface area contributed by atoms with Crippen LogP contribution in [0.5, 0.6) is 0 Å². The van der Waals surface area contributed by atoms with Crippen molar-refractivity contribution in [1.29, 1.82) is 0 Å². The molecule has 1 atom stereocenters. The number of nitrogens with zero attached hydrogens (tertiary/aromatic N) is 1. The third-order valence-corrected chi connectivity index (χ3v) is 5.20. The van der Waals surface area contributed by atoms with Crippen molar-refractivity contribution in [3.8, 4) is 0 Å². The van der Waals surface area contributed by atoms with E-state index in [0.29, 0.717) is 31.5 Å². The molecule has 2 N–H and O–H groups in total. The first-order chi connectivity index (χ1) is 11.9. The van der Waals surface area contributed by atoms with Crippen molar-refractivity contribution in [2.75, 3.05) is 13.1 Å². The van der Waals surface area contributed by atoms with E-state index in [2.05, 4.69) is 10.6 Å². The number of hydrogen-bond acceptors (Lipinski definition) is 3. The Bertz CT molecular complexity index is 693. The molecular formula is C19H25N3O3. The summed E-state index contributed by atoms with van der Waals surface area (Å²) < 4.78 is 0. The molecule has 2 heterocycles. The van der Waals surface area contributed by atoms with Gasteiger partial charge in [0.25, 0.3) is 5.91 Å². The molecule has 1 unspecified atom stereocenters. The minimum atomic E-state index is -0.367. The van der Waals surface area contributed by atoms with Crippen LogP contribution in [0.2, 0.25) is 0 Å². The molecule has 25 heavy (non-hydrogen) atoms. The minimum Gasteiger partial charge on any atom is -0.349 e. The summed E-state index contributed by atoms with van der Waals surface area (Å²) in [6.07, 6.45) is 2.49. The van der Waals surface area contributed by atoms with Gasteiger partial charge in [0, 0.05) is 31.1 Å². The minimum absolute atomic E-state index is 0.00443. The zero-order valence-electron chi connectivity index (χ0n) is 14.8. The first-order valence-corrected chi connectivity index (χ1v) is 8.90. The molecule has 3 amide bonds. The predicted molar refractivity (Wildman–Crippen MR) is 94.1 cm³/mol. The Morgan fingerprint density at radius 1 is 1.12 bits per heavy atom. The second kappa shape index (κ2) is 7.25. The normalized spacial score (nSPS) is 21.1. The van der Waals surface area contributed by atoms with E-state index in [1.165, 1.54) is 5.56 Å². The number of rotatable bonds is 3. The number of benzene rings is 1. The standard InChI is InChI=1S/C19H25N3O3/c1-12-3-4-14(11-13(12)2)18(24)20-15-7-9-22(10-8-15)19(25)16-5-6-17(23)21-16/h3-4,11,15-16H,5-10H2,1-2H3,(H,20,24)(H,21,23). The highest BCUT2D eigenvalue weighted by Crippen LogP contribution is 2.16. The summed E-state index contributed by atoms with van der Waals surface area (Å²) in [5.74, 6) is -0.102. The molecule has 0 saturated carbocycles. The van der Waals surface area contributed by atoms with Gasteiger partial charge < -0.3 is 15.5 Å². The Balaban J connectivity index is 1.50. The molecule has 2 fully saturated rings. The highest BCUT2D eigenvalue weighted by atomic mass is 16.2. The Morgan fingerprint density at radius 3 is 2.44 bits per heavy atom. The molecule has 6 heteroatoms. The van der Waals surface area contributed by atoms with Gasteiger partial charge in [-0.1, -0.05) is 6.07 Å². The van der Waals surface area contributed by atoms with Crippen LogP contribution >= 0.6 is 0 Å². The van der Waals surface area contributed by atoms with Crippen LogP contribution in [0.1, 0.15) is 47.2 Å². The van der Waals surface area contributed by atoms with Crippen LogP contribution in [0.4, 0.5) is 0 Å². The van der Waals surface area contributed by atoms with E-state index in [1.54, 1.807) is 4.90 Å². The molecule has 134 valence electrons. The number of piperidine rings is 1. The van der Waals surface area contributed by atoms with Crippen molar-refractivity contribution >= 4 is 17.7 Å². The zero-order chi connectivity index (χ0) is 18.0. The largest absolute Gasteiger partial charge is 0.349 e. The molecular weight excluding hydrogens is 318 g/mol. The summed E-state index contributed by atoms with van der Waals surface area (Å²) >= 11 is 0. The Labute approximate surface area is 148 Å². The van der Waals surface area contributed by atoms with Crippen LogP contribution in [-0.4, -0.2) is 47.8 Å². The van der Waals surface area contributed by atoms with Gasteiger partial charge in [-0.2, -0.15) is 0 Å². The average Bonchev–Trinajstić information content (AvgIpc) is 3.04. The molecule has 2 aliphatic heterocycles. The van der Waals surface area contributed by atoms with Crippen LogP contribution in [0, 0.1) is 13.8 Å². The summed E-state index contributed by atoms with van der Waals surface area (Å²) in [5, 5.41) is 5.80. The van der Waals surface area contributed by atoms with Crippen molar-refractivity contribution in [3.63, 3.8) is 0 Å². The number of carbonyl (C=O) groups excluding carboxylic acids is 3. The molecule has 1 aromatic rings. The molecule has 0 radical (unpaired) electrons. The highest BCUT2D eigenvalue weighted by Gasteiger charge is 2.32. The van der Waals surface area contributed by atoms with Gasteiger partial charge in [0.15, 0.2) is 0 Å². The lowest BCUT2D eigenvalue weighted by Crippen LogP contribution is -2.51. The van der Waals surface area contributed by atoms with Gasteiger partial charge in [-0.25, -0.2) is 0 Å². The average molecular weight is 343 g/mol. The van der Waals surface area contributed by atoms with E-state index >= 15 is 0 Å². The Hall–Kier alpha value is -2.37. The second-order valence-electron chi connectivity index (χ2n) is 7.03. The maximum Gasteiger partial charge on any atom is 0.251 e. The lowest BCUT2D eigenvalue weighted by atomic mass is 10.0. The molecule has 0 aliphatic carbocycles. The number of likely N-dealkylation sites (tertiary alicyclic amines) is 1. The maximum absolute atomic E-state index is 12.4. The van der Waals surface area contributed by atoms with Crippen LogP contribution in [0.15, 0.2) is 18.2 Å². The van der Waals surface area contributed by atoms with Gasteiger partial charge in [-0.3, -0.25) is 14.4 Å². The molecule has 0 spiro atoms. The second-order valence-corrected chi connectivity index (χ2v) is 7.03. The monoisotopic (exact) mass is 343 g/mol. The van der Waals surface area contributed by atoms with Crippen molar-refractivity contribution in [1.82, 2.24) is 15.5 Å². The molecule has 6 nitrogen and oxygen atoms in total. The molecule has 2 aliphatic rings. The van der Waals surface area contributed by atoms with E-state index in [-0.39, 0.29) is 29.8 Å². The van der Waals surface area contributed by atoms with Crippen molar-refractivity contribution < 1.29 is 14.4 Å². The summed E-state index contributed by atoms with van der Waals surface area (Å²) in [4.78, 5) is 37.9. The zero-order valence-corrected chi connectivity index (χ0v) is 14.8. The van der Waals surface area contributed by atoms with E-state index in [4.69, 9.17) is 0 Å². The van der Waals surface area contributed by atoms with Crippen LogP contribution < -0.4 is 10.6 Å². The molecule has 0 aromatic heterocycles. The van der Waals surface area contributed by atoms with Crippen molar-refractivity contribution in [3.05, 3.63) is 34.9 Å². The number of nitrogens with one attached hydrogen (secondary N) is 2. The Kier molecular flexibility index (Phi) is 5.06. The maximum atomic E-state index is 12.4. The van der Waals surface area contributed by atoms with Gasteiger partial charge in [-0.15, -0.1) is 0 Å². The number of hydrogen-bond donors (Lipinski definition) is 2. The third-order valence-electron chi connectivity index (χ3n) is 5.20. The SMILES string of the molecule is Cc1ccc(C(=O)NC2CCN(C(=O)C3CCC(=O)N3)CC2)cc1C. The fourth-order valence-corrected chi connectivity index (χ4v) is 3.42. The number of aryl methyl sites for hydroxylation is 2. The highest BCUT2D eigenvalue weighted by molar-refractivity contribution is 5.94. The van der Waals surface area contributed by atoms with Crippen molar-refractivity contribution in [2.24, 2.45) is 0 Å². The van der Waals surface area contributed by atoms with Gasteiger partial charge in [-0.05, 0) is 56.4 Å². The Morgan fingerprint density at radius 2 is 1.84 bits per heavy atom. The van der Waals surface area contributed by atoms with Gasteiger partial charge >= 0.3 is 0 Å². The quantitative estimate of drug-likeness (QED) is 0.868. The summed E-state index contributed by atoms with van der Waals surface area (Å²) in [5.41, 5.74) is 2.95. The van der Waals surface area contributed by atoms with E-state index in [0.717, 1.165) is 18.4 Å². The van der Waals surface area contributed by atoms with Gasteiger partial charge in [0.05, 0.1) is 0 Å². The summed E-state index contributed by atoms with van der Waals surface area (Å²) in [6.45, 7) is 5.25. The van der Waals surface area contributed by atoms with Crippen LogP contribution in [-0.2, 0) is 9.59 Å². The fraction of sp³-hybridized carbons (Fsp3) is 0.526. The molecule has 3 rings (SSSR count). The van der Waals surface area contributed by atoms with E-state index < -0.39 is 0 Å². The first kappa shape index (κ1) is 17.5. The van der Waals surface area contributed by atoms with E-state index in [1.807, 2.05) is 32.0 Å². The molecule has 1 aromatic carbocycles. The third kappa shape index (κ3) is 4.00. The topological polar surface area (TPSA) is 78.5 Å². The lowest BCUT2D eigenvalue weighted by Gasteiger charge is -2.33. The van der Waals surface area contributed by atoms with E-state index in [9.17, 15) is 14.4 Å². The first-order valence-electron chi connectivity index (χ1n) is 8.90. The van der Waals surface area contributed by atoms with Gasteiger partial charge in [0.2, 0.25) is 11.8 Å². The summed E-state index contributed by atoms with van der Waals surface area (Å²) in [6, 6.07) is 5.43.